The van der Waals surface area contributed by atoms with Crippen molar-refractivity contribution < 1.29 is 9.53 Å². The van der Waals surface area contributed by atoms with Crippen LogP contribution in [-0.2, 0) is 13.0 Å². The molecule has 0 atom stereocenters. The van der Waals surface area contributed by atoms with Crippen LogP contribution in [-0.4, -0.2) is 29.5 Å². The number of aromatic nitrogens is 2. The molecule has 27 heavy (non-hydrogen) atoms. The zero-order valence-corrected chi connectivity index (χ0v) is 15.2. The molecule has 2 N–H and O–H groups in total. The summed E-state index contributed by atoms with van der Waals surface area (Å²) in [4.78, 5) is 20.5. The van der Waals surface area contributed by atoms with Crippen LogP contribution in [0.4, 0.5) is 5.69 Å². The lowest BCUT2D eigenvalue weighted by Gasteiger charge is -2.09. The van der Waals surface area contributed by atoms with Gasteiger partial charge in [0.2, 0.25) is 0 Å². The van der Waals surface area contributed by atoms with Gasteiger partial charge in [0, 0.05) is 37.4 Å². The van der Waals surface area contributed by atoms with Crippen molar-refractivity contribution in [3.8, 4) is 5.75 Å². The van der Waals surface area contributed by atoms with Gasteiger partial charge in [-0.2, -0.15) is 0 Å². The Morgan fingerprint density at radius 1 is 1.07 bits per heavy atom. The van der Waals surface area contributed by atoms with Crippen molar-refractivity contribution in [3.63, 3.8) is 0 Å². The van der Waals surface area contributed by atoms with E-state index in [1.54, 1.807) is 31.8 Å². The first-order chi connectivity index (χ1) is 13.2. The molecule has 3 aromatic rings. The average molecular weight is 362 g/mol. The molecule has 0 radical (unpaired) electrons. The van der Waals surface area contributed by atoms with Gasteiger partial charge in [-0.15, -0.1) is 0 Å². The maximum absolute atomic E-state index is 12.3. The fourth-order valence-electron chi connectivity index (χ4n) is 2.58. The fraction of sp³-hybridized carbons (Fsp3) is 0.190. The Morgan fingerprint density at radius 2 is 1.93 bits per heavy atom. The molecule has 0 aliphatic heterocycles. The van der Waals surface area contributed by atoms with Gasteiger partial charge in [0.05, 0.1) is 7.11 Å². The number of carbonyl (C=O) groups excluding carboxylic acids is 1. The van der Waals surface area contributed by atoms with Crippen LogP contribution < -0.4 is 15.4 Å². The van der Waals surface area contributed by atoms with Gasteiger partial charge in [-0.3, -0.25) is 14.8 Å². The molecule has 138 valence electrons. The average Bonchev–Trinajstić information content (AvgIpc) is 2.73. The Bertz CT molecular complexity index is 867. The smallest absolute Gasteiger partial charge is 0.270 e. The van der Waals surface area contributed by atoms with Gasteiger partial charge >= 0.3 is 0 Å². The lowest BCUT2D eigenvalue weighted by molar-refractivity contribution is 0.0946. The summed E-state index contributed by atoms with van der Waals surface area (Å²) in [6.45, 7) is 1.18. The molecular weight excluding hydrogens is 340 g/mol. The summed E-state index contributed by atoms with van der Waals surface area (Å²) in [5.74, 6) is 0.639. The minimum atomic E-state index is -0.211. The highest BCUT2D eigenvalue weighted by atomic mass is 16.5. The zero-order chi connectivity index (χ0) is 18.9. The number of rotatable bonds is 8. The molecule has 1 aromatic carbocycles. The largest absolute Gasteiger partial charge is 0.497 e. The quantitative estimate of drug-likeness (QED) is 0.644. The van der Waals surface area contributed by atoms with Crippen molar-refractivity contribution >= 4 is 11.6 Å². The molecule has 0 saturated heterocycles. The van der Waals surface area contributed by atoms with Crippen molar-refractivity contribution in [1.29, 1.82) is 0 Å². The number of nitrogens with zero attached hydrogens (tertiary/aromatic N) is 2. The number of benzene rings is 1. The van der Waals surface area contributed by atoms with Crippen molar-refractivity contribution in [2.75, 3.05) is 19.0 Å². The van der Waals surface area contributed by atoms with Crippen molar-refractivity contribution in [3.05, 3.63) is 83.9 Å². The van der Waals surface area contributed by atoms with E-state index in [0.717, 1.165) is 30.0 Å². The van der Waals surface area contributed by atoms with E-state index in [-0.39, 0.29) is 5.91 Å². The van der Waals surface area contributed by atoms with Gasteiger partial charge in [0.25, 0.3) is 5.91 Å². The van der Waals surface area contributed by atoms with Crippen LogP contribution >= 0.6 is 0 Å². The number of carbonyl (C=O) groups is 1. The lowest BCUT2D eigenvalue weighted by Crippen LogP contribution is -2.24. The summed E-state index contributed by atoms with van der Waals surface area (Å²) in [7, 11) is 1.66. The molecule has 0 fully saturated rings. The van der Waals surface area contributed by atoms with Crippen molar-refractivity contribution in [2.24, 2.45) is 0 Å². The third kappa shape index (κ3) is 5.54. The number of anilines is 1. The maximum atomic E-state index is 12.3. The molecular formula is C21H22N4O2. The summed E-state index contributed by atoms with van der Waals surface area (Å²) in [6.07, 6.45) is 5.93. The highest BCUT2D eigenvalue weighted by molar-refractivity contribution is 5.93. The van der Waals surface area contributed by atoms with E-state index in [2.05, 4.69) is 20.6 Å². The Labute approximate surface area is 158 Å². The van der Waals surface area contributed by atoms with Crippen LogP contribution in [0.2, 0.25) is 0 Å². The van der Waals surface area contributed by atoms with Crippen LogP contribution in [0.3, 0.4) is 0 Å². The topological polar surface area (TPSA) is 76.1 Å². The van der Waals surface area contributed by atoms with Crippen LogP contribution in [0, 0.1) is 0 Å². The predicted octanol–water partition coefficient (Wildman–Crippen LogP) is 3.07. The summed E-state index contributed by atoms with van der Waals surface area (Å²) >= 11 is 0. The van der Waals surface area contributed by atoms with Crippen molar-refractivity contribution in [1.82, 2.24) is 15.3 Å². The number of hydrogen-bond acceptors (Lipinski definition) is 5. The number of nitrogens with one attached hydrogen (secondary N) is 2. The molecule has 3 rings (SSSR count). The molecule has 0 spiro atoms. The minimum Gasteiger partial charge on any atom is -0.497 e. The second kappa shape index (κ2) is 9.33. The van der Waals surface area contributed by atoms with Crippen molar-refractivity contribution in [2.45, 2.75) is 13.0 Å². The number of ether oxygens (including phenoxy) is 1. The predicted molar refractivity (Wildman–Crippen MR) is 105 cm³/mol. The van der Waals surface area contributed by atoms with Gasteiger partial charge in [-0.25, -0.2) is 0 Å². The molecule has 0 saturated carbocycles. The van der Waals surface area contributed by atoms with E-state index in [1.807, 2.05) is 42.5 Å². The summed E-state index contributed by atoms with van der Waals surface area (Å²) < 4.78 is 5.16. The SMILES string of the molecule is COc1ccc(CCNc2ccnc(C(=O)NCc3cccnc3)c2)cc1. The Kier molecular flexibility index (Phi) is 6.35. The minimum absolute atomic E-state index is 0.211. The Hall–Kier alpha value is -3.41. The lowest BCUT2D eigenvalue weighted by atomic mass is 10.1. The Balaban J connectivity index is 1.51. The van der Waals surface area contributed by atoms with Gasteiger partial charge in [0.15, 0.2) is 0 Å². The highest BCUT2D eigenvalue weighted by Gasteiger charge is 2.08. The Morgan fingerprint density at radius 3 is 2.67 bits per heavy atom. The zero-order valence-electron chi connectivity index (χ0n) is 15.2. The van der Waals surface area contributed by atoms with Crippen LogP contribution in [0.15, 0.2) is 67.1 Å². The molecule has 6 heteroatoms. The van der Waals surface area contributed by atoms with E-state index >= 15 is 0 Å². The number of pyridine rings is 2. The number of amides is 1. The van der Waals surface area contributed by atoms with Gasteiger partial charge < -0.3 is 15.4 Å². The standard InChI is InChI=1S/C21H22N4O2/c1-27-19-6-4-16(5-7-19)8-11-23-18-9-12-24-20(13-18)21(26)25-15-17-3-2-10-22-14-17/h2-7,9-10,12-14H,8,11,15H2,1H3,(H,23,24)(H,25,26). The molecule has 1 amide bonds. The van der Waals surface area contributed by atoms with E-state index in [4.69, 9.17) is 4.74 Å². The summed E-state index contributed by atoms with van der Waals surface area (Å²) in [5, 5.41) is 6.18. The van der Waals surface area contributed by atoms with E-state index in [1.165, 1.54) is 5.56 Å². The first kappa shape index (κ1) is 18.4. The monoisotopic (exact) mass is 362 g/mol. The van der Waals surface area contributed by atoms with Gasteiger partial charge in [-0.1, -0.05) is 18.2 Å². The maximum Gasteiger partial charge on any atom is 0.270 e. The third-order valence-corrected chi connectivity index (χ3v) is 4.07. The van der Waals surface area contributed by atoms with E-state index in [0.29, 0.717) is 12.2 Å². The number of methoxy groups -OCH3 is 1. The first-order valence-corrected chi connectivity index (χ1v) is 8.74. The van der Waals surface area contributed by atoms with Gasteiger partial charge in [0.1, 0.15) is 11.4 Å². The molecule has 0 unspecified atom stereocenters. The molecule has 0 aliphatic carbocycles. The highest BCUT2D eigenvalue weighted by Crippen LogP contribution is 2.13. The van der Waals surface area contributed by atoms with Crippen LogP contribution in [0.5, 0.6) is 5.75 Å². The summed E-state index contributed by atoms with van der Waals surface area (Å²) in [6, 6.07) is 15.4. The normalized spacial score (nSPS) is 10.3. The first-order valence-electron chi connectivity index (χ1n) is 8.74. The summed E-state index contributed by atoms with van der Waals surface area (Å²) in [5.41, 5.74) is 3.41. The van der Waals surface area contributed by atoms with E-state index in [9.17, 15) is 4.79 Å². The molecule has 0 aliphatic rings. The van der Waals surface area contributed by atoms with E-state index < -0.39 is 0 Å². The molecule has 6 nitrogen and oxygen atoms in total. The second-order valence-electron chi connectivity index (χ2n) is 6.00. The third-order valence-electron chi connectivity index (χ3n) is 4.07. The molecule has 2 aromatic heterocycles. The van der Waals surface area contributed by atoms with Gasteiger partial charge in [-0.05, 0) is 47.9 Å². The number of hydrogen-bond donors (Lipinski definition) is 2. The van der Waals surface area contributed by atoms with Crippen LogP contribution in [0.1, 0.15) is 21.6 Å². The molecule has 2 heterocycles. The molecule has 0 bridgehead atoms. The van der Waals surface area contributed by atoms with Crippen LogP contribution in [0.25, 0.3) is 0 Å². The fourth-order valence-corrected chi connectivity index (χ4v) is 2.58. The second-order valence-corrected chi connectivity index (χ2v) is 6.00.